The molecule has 0 aliphatic carbocycles. The molecule has 3 N–H and O–H groups in total. The normalized spacial score (nSPS) is 10.8. The van der Waals surface area contributed by atoms with E-state index in [9.17, 15) is 4.79 Å². The average molecular weight is 376 g/mol. The van der Waals surface area contributed by atoms with Crippen molar-refractivity contribution in [1.29, 1.82) is 0 Å². The molecule has 4 heteroatoms. The average Bonchev–Trinajstić information content (AvgIpc) is 3.01. The number of rotatable bonds is 8. The molecule has 0 unspecified atom stereocenters. The third kappa shape index (κ3) is 4.90. The molecule has 1 heterocycles. The molecule has 0 saturated heterocycles. The fourth-order valence-electron chi connectivity index (χ4n) is 3.53. The van der Waals surface area contributed by atoms with Crippen molar-refractivity contribution in [2.24, 2.45) is 5.73 Å². The van der Waals surface area contributed by atoms with Gasteiger partial charge in [0, 0.05) is 31.0 Å². The van der Waals surface area contributed by atoms with Crippen LogP contribution in [0.15, 0.2) is 60.7 Å². The van der Waals surface area contributed by atoms with Crippen LogP contribution >= 0.6 is 0 Å². The highest BCUT2D eigenvalue weighted by atomic mass is 16.1. The summed E-state index contributed by atoms with van der Waals surface area (Å²) in [6.45, 7) is 6.06. The topological polar surface area (TPSA) is 60.1 Å². The first-order valence-corrected chi connectivity index (χ1v) is 9.85. The van der Waals surface area contributed by atoms with Crippen molar-refractivity contribution in [1.82, 2.24) is 9.88 Å². The second-order valence-corrected chi connectivity index (χ2v) is 7.23. The third-order valence-corrected chi connectivity index (χ3v) is 5.22. The molecule has 0 fully saturated rings. The maximum absolute atomic E-state index is 12.7. The Balaban J connectivity index is 1.59. The zero-order chi connectivity index (χ0) is 19.9. The molecule has 4 nitrogen and oxygen atoms in total. The number of aryl methyl sites for hydroxylation is 2. The Hall–Kier alpha value is -2.85. The largest absolute Gasteiger partial charge is 0.348 e. The summed E-state index contributed by atoms with van der Waals surface area (Å²) in [6.07, 6.45) is 2.09. The van der Waals surface area contributed by atoms with Gasteiger partial charge in [0.15, 0.2) is 0 Å². The molecule has 2 aromatic carbocycles. The molecule has 3 rings (SSSR count). The van der Waals surface area contributed by atoms with Crippen LogP contribution in [0.4, 0.5) is 0 Å². The van der Waals surface area contributed by atoms with E-state index >= 15 is 0 Å². The number of hydrogen-bond acceptors (Lipinski definition) is 2. The number of benzene rings is 2. The number of carbonyl (C=O) groups excluding carboxylic acids is 1. The van der Waals surface area contributed by atoms with E-state index < -0.39 is 0 Å². The molecule has 0 radical (unpaired) electrons. The molecule has 0 spiro atoms. The van der Waals surface area contributed by atoms with Crippen molar-refractivity contribution >= 4 is 5.91 Å². The van der Waals surface area contributed by atoms with Crippen LogP contribution in [0.1, 0.15) is 44.9 Å². The van der Waals surface area contributed by atoms with E-state index in [4.69, 9.17) is 5.73 Å². The predicted molar refractivity (Wildman–Crippen MR) is 114 cm³/mol. The molecule has 1 amide bonds. The quantitative estimate of drug-likeness (QED) is 0.622. The van der Waals surface area contributed by atoms with Crippen LogP contribution in [0.3, 0.4) is 0 Å². The number of aromatic nitrogens is 1. The van der Waals surface area contributed by atoms with Crippen molar-refractivity contribution in [2.75, 3.05) is 0 Å². The molecule has 0 bridgehead atoms. The number of amides is 1. The molecule has 0 aliphatic rings. The Morgan fingerprint density at radius 2 is 1.64 bits per heavy atom. The predicted octanol–water partition coefficient (Wildman–Crippen LogP) is 4.13. The fourth-order valence-corrected chi connectivity index (χ4v) is 3.53. The lowest BCUT2D eigenvalue weighted by Gasteiger charge is -2.10. The fraction of sp³-hybridized carbons (Fsp3) is 0.292. The summed E-state index contributed by atoms with van der Waals surface area (Å²) in [5, 5.41) is 3.03. The van der Waals surface area contributed by atoms with E-state index in [1.807, 2.05) is 43.3 Å². The van der Waals surface area contributed by atoms with Gasteiger partial charge in [-0.2, -0.15) is 0 Å². The Bertz CT molecular complexity index is 911. The molecule has 0 aliphatic heterocycles. The van der Waals surface area contributed by atoms with E-state index in [-0.39, 0.29) is 5.91 Å². The van der Waals surface area contributed by atoms with Crippen molar-refractivity contribution in [3.05, 3.63) is 94.3 Å². The van der Waals surface area contributed by atoms with Crippen molar-refractivity contribution in [3.63, 3.8) is 0 Å². The van der Waals surface area contributed by atoms with Gasteiger partial charge in [-0.05, 0) is 49.4 Å². The lowest BCUT2D eigenvalue weighted by molar-refractivity contribution is 0.0950. The number of hydrogen-bond donors (Lipinski definition) is 2. The van der Waals surface area contributed by atoms with Gasteiger partial charge in [0.1, 0.15) is 0 Å². The van der Waals surface area contributed by atoms with Crippen LogP contribution in [-0.4, -0.2) is 10.5 Å². The van der Waals surface area contributed by atoms with Crippen LogP contribution in [0, 0.1) is 13.8 Å². The van der Waals surface area contributed by atoms with Gasteiger partial charge in [0.05, 0.1) is 5.56 Å². The van der Waals surface area contributed by atoms with E-state index in [0.717, 1.165) is 47.5 Å². The van der Waals surface area contributed by atoms with E-state index in [2.05, 4.69) is 41.1 Å². The monoisotopic (exact) mass is 375 g/mol. The van der Waals surface area contributed by atoms with Gasteiger partial charge >= 0.3 is 0 Å². The maximum Gasteiger partial charge on any atom is 0.253 e. The van der Waals surface area contributed by atoms with Gasteiger partial charge < -0.3 is 15.6 Å². The second kappa shape index (κ2) is 9.38. The van der Waals surface area contributed by atoms with E-state index in [0.29, 0.717) is 13.1 Å². The molecular formula is C24H29N3O. The summed E-state index contributed by atoms with van der Waals surface area (Å²) in [6, 6.07) is 20.5. The maximum atomic E-state index is 12.7. The lowest BCUT2D eigenvalue weighted by Crippen LogP contribution is -2.23. The SMILES string of the molecule is Cc1cc(C(=O)NCc2ccc(CN)cc2)c(C)n1CCCc1ccccc1. The summed E-state index contributed by atoms with van der Waals surface area (Å²) < 4.78 is 2.24. The standard InChI is InChI=1S/C24H29N3O/c1-18-15-23(24(28)26-17-22-12-10-21(16-25)11-13-22)19(2)27(18)14-6-9-20-7-4-3-5-8-20/h3-5,7-8,10-13,15H,6,9,14,16-17,25H2,1-2H3,(H,26,28). The molecule has 0 saturated carbocycles. The van der Waals surface area contributed by atoms with Crippen molar-refractivity contribution < 1.29 is 4.79 Å². The molecule has 28 heavy (non-hydrogen) atoms. The summed E-state index contributed by atoms with van der Waals surface area (Å²) in [4.78, 5) is 12.7. The van der Waals surface area contributed by atoms with Crippen molar-refractivity contribution in [2.45, 2.75) is 46.3 Å². The highest BCUT2D eigenvalue weighted by molar-refractivity contribution is 5.95. The second-order valence-electron chi connectivity index (χ2n) is 7.23. The van der Waals surface area contributed by atoms with E-state index in [1.165, 1.54) is 5.56 Å². The van der Waals surface area contributed by atoms with Gasteiger partial charge in [0.25, 0.3) is 5.91 Å². The Morgan fingerprint density at radius 1 is 0.964 bits per heavy atom. The van der Waals surface area contributed by atoms with Gasteiger partial charge in [-0.3, -0.25) is 4.79 Å². The summed E-state index contributed by atoms with van der Waals surface area (Å²) in [5.41, 5.74) is 12.1. The van der Waals surface area contributed by atoms with Gasteiger partial charge in [0.2, 0.25) is 0 Å². The number of carbonyl (C=O) groups is 1. The molecule has 3 aromatic rings. The molecule has 0 atom stereocenters. The van der Waals surface area contributed by atoms with Gasteiger partial charge in [-0.25, -0.2) is 0 Å². The number of nitrogens with zero attached hydrogens (tertiary/aromatic N) is 1. The van der Waals surface area contributed by atoms with Crippen LogP contribution in [-0.2, 0) is 26.1 Å². The third-order valence-electron chi connectivity index (χ3n) is 5.22. The summed E-state index contributed by atoms with van der Waals surface area (Å²) in [5.74, 6) is -0.0229. The van der Waals surface area contributed by atoms with Gasteiger partial charge in [-0.1, -0.05) is 54.6 Å². The number of nitrogens with two attached hydrogens (primary N) is 1. The van der Waals surface area contributed by atoms with Crippen molar-refractivity contribution in [3.8, 4) is 0 Å². The minimum Gasteiger partial charge on any atom is -0.348 e. The lowest BCUT2D eigenvalue weighted by atomic mass is 10.1. The van der Waals surface area contributed by atoms with E-state index in [1.54, 1.807) is 0 Å². The van der Waals surface area contributed by atoms with Gasteiger partial charge in [-0.15, -0.1) is 0 Å². The zero-order valence-corrected chi connectivity index (χ0v) is 16.7. The highest BCUT2D eigenvalue weighted by Gasteiger charge is 2.15. The molecule has 1 aromatic heterocycles. The van der Waals surface area contributed by atoms with Crippen LogP contribution in [0.2, 0.25) is 0 Å². The first-order valence-electron chi connectivity index (χ1n) is 9.85. The zero-order valence-electron chi connectivity index (χ0n) is 16.7. The Morgan fingerprint density at radius 3 is 2.32 bits per heavy atom. The Labute approximate surface area is 167 Å². The van der Waals surface area contributed by atoms with Crippen LogP contribution < -0.4 is 11.1 Å². The first kappa shape index (κ1) is 19.9. The number of nitrogens with one attached hydrogen (secondary N) is 1. The highest BCUT2D eigenvalue weighted by Crippen LogP contribution is 2.17. The minimum atomic E-state index is -0.0229. The summed E-state index contributed by atoms with van der Waals surface area (Å²) in [7, 11) is 0. The smallest absolute Gasteiger partial charge is 0.253 e. The summed E-state index contributed by atoms with van der Waals surface area (Å²) >= 11 is 0. The molecular weight excluding hydrogens is 346 g/mol. The van der Waals surface area contributed by atoms with Crippen LogP contribution in [0.25, 0.3) is 0 Å². The Kier molecular flexibility index (Phi) is 6.66. The van der Waals surface area contributed by atoms with Crippen LogP contribution in [0.5, 0.6) is 0 Å². The molecule has 146 valence electrons. The minimum absolute atomic E-state index is 0.0229. The first-order chi connectivity index (χ1) is 13.6.